The smallest absolute Gasteiger partial charge is 0.133 e. The Morgan fingerprint density at radius 2 is 1.90 bits per heavy atom. The van der Waals surface area contributed by atoms with Crippen molar-refractivity contribution in [2.45, 2.75) is 18.7 Å². The van der Waals surface area contributed by atoms with Crippen LogP contribution in [-0.4, -0.2) is 6.61 Å². The Morgan fingerprint density at radius 3 is 2.57 bits per heavy atom. The topological polar surface area (TPSA) is 9.23 Å². The SMILES string of the molecule is CCOc1ccc(Br)cc1C(Br)c1c(F)ccc(C)c1F. The summed E-state index contributed by atoms with van der Waals surface area (Å²) >= 11 is 6.78. The van der Waals surface area contributed by atoms with Gasteiger partial charge in [0.1, 0.15) is 17.4 Å². The molecule has 2 rings (SSSR count). The van der Waals surface area contributed by atoms with E-state index in [1.165, 1.54) is 12.1 Å². The van der Waals surface area contributed by atoms with Gasteiger partial charge in [0.2, 0.25) is 0 Å². The van der Waals surface area contributed by atoms with E-state index in [0.717, 1.165) is 4.47 Å². The Morgan fingerprint density at radius 1 is 1.19 bits per heavy atom. The zero-order chi connectivity index (χ0) is 15.6. The highest BCUT2D eigenvalue weighted by atomic mass is 79.9. The van der Waals surface area contributed by atoms with Crippen LogP contribution in [0.5, 0.6) is 5.75 Å². The van der Waals surface area contributed by atoms with E-state index in [0.29, 0.717) is 23.5 Å². The zero-order valence-electron chi connectivity index (χ0n) is 11.6. The van der Waals surface area contributed by atoms with Gasteiger partial charge in [0.15, 0.2) is 0 Å². The molecule has 1 nitrogen and oxygen atoms in total. The van der Waals surface area contributed by atoms with Crippen LogP contribution in [0.15, 0.2) is 34.8 Å². The van der Waals surface area contributed by atoms with Crippen LogP contribution in [-0.2, 0) is 0 Å². The van der Waals surface area contributed by atoms with Gasteiger partial charge in [0.05, 0.1) is 11.4 Å². The van der Waals surface area contributed by atoms with Gasteiger partial charge in [-0.25, -0.2) is 8.78 Å². The predicted octanol–water partition coefficient (Wildman–Crippen LogP) is 5.92. The summed E-state index contributed by atoms with van der Waals surface area (Å²) in [4.78, 5) is -0.628. The number of ether oxygens (including phenoxy) is 1. The minimum Gasteiger partial charge on any atom is -0.494 e. The molecule has 1 atom stereocenters. The highest BCUT2D eigenvalue weighted by molar-refractivity contribution is 9.10. The van der Waals surface area contributed by atoms with Crippen molar-refractivity contribution in [2.24, 2.45) is 0 Å². The lowest BCUT2D eigenvalue weighted by molar-refractivity contribution is 0.336. The fraction of sp³-hybridized carbons (Fsp3) is 0.250. The molecular formula is C16H14Br2F2O. The monoisotopic (exact) mass is 418 g/mol. The number of benzene rings is 2. The van der Waals surface area contributed by atoms with Gasteiger partial charge in [-0.1, -0.05) is 37.9 Å². The summed E-state index contributed by atoms with van der Waals surface area (Å²) in [5, 5.41) is 0. The maximum absolute atomic E-state index is 14.3. The first-order chi connectivity index (χ1) is 9.95. The third-order valence-electron chi connectivity index (χ3n) is 3.12. The van der Waals surface area contributed by atoms with Crippen LogP contribution >= 0.6 is 31.9 Å². The predicted molar refractivity (Wildman–Crippen MR) is 87.2 cm³/mol. The molecule has 0 radical (unpaired) electrons. The summed E-state index contributed by atoms with van der Waals surface area (Å²) in [5.41, 5.74) is 1.08. The molecule has 0 aromatic heterocycles. The molecule has 0 aliphatic carbocycles. The van der Waals surface area contributed by atoms with Crippen molar-refractivity contribution < 1.29 is 13.5 Å². The second-order valence-electron chi connectivity index (χ2n) is 4.57. The van der Waals surface area contributed by atoms with Crippen LogP contribution in [0.2, 0.25) is 0 Å². The van der Waals surface area contributed by atoms with Gasteiger partial charge < -0.3 is 4.74 Å². The molecule has 0 saturated heterocycles. The molecule has 2 aromatic rings. The summed E-state index contributed by atoms with van der Waals surface area (Å²) in [6, 6.07) is 8.12. The second kappa shape index (κ2) is 6.88. The molecule has 0 fully saturated rings. The van der Waals surface area contributed by atoms with Gasteiger partial charge in [-0.05, 0) is 43.7 Å². The largest absolute Gasteiger partial charge is 0.494 e. The summed E-state index contributed by atoms with van der Waals surface area (Å²) in [7, 11) is 0. The van der Waals surface area contributed by atoms with Crippen LogP contribution in [0.3, 0.4) is 0 Å². The lowest BCUT2D eigenvalue weighted by atomic mass is 10.0. The molecule has 0 heterocycles. The van der Waals surface area contributed by atoms with E-state index in [1.807, 2.05) is 13.0 Å². The molecule has 0 spiro atoms. The molecule has 112 valence electrons. The second-order valence-corrected chi connectivity index (χ2v) is 6.40. The molecule has 0 amide bonds. The molecule has 21 heavy (non-hydrogen) atoms. The lowest BCUT2D eigenvalue weighted by Crippen LogP contribution is -2.05. The standard InChI is InChI=1S/C16H14Br2F2O/c1-3-21-13-7-5-10(17)8-11(13)15(18)14-12(19)6-4-9(2)16(14)20/h4-8,15H,3H2,1-2H3. The Balaban J connectivity index is 2.57. The summed E-state index contributed by atoms with van der Waals surface area (Å²) in [5.74, 6) is -0.524. The highest BCUT2D eigenvalue weighted by Gasteiger charge is 2.23. The average molecular weight is 420 g/mol. The zero-order valence-corrected chi connectivity index (χ0v) is 14.8. The molecule has 1 unspecified atom stereocenters. The fourth-order valence-corrected chi connectivity index (χ4v) is 3.23. The van der Waals surface area contributed by atoms with Crippen molar-refractivity contribution in [1.82, 2.24) is 0 Å². The van der Waals surface area contributed by atoms with E-state index in [2.05, 4.69) is 31.9 Å². The molecule has 2 aromatic carbocycles. The van der Waals surface area contributed by atoms with Crippen molar-refractivity contribution in [3.63, 3.8) is 0 Å². The first kappa shape index (κ1) is 16.4. The Labute approximate surface area is 139 Å². The van der Waals surface area contributed by atoms with Crippen LogP contribution in [0.1, 0.15) is 28.4 Å². The first-order valence-corrected chi connectivity index (χ1v) is 8.17. The van der Waals surface area contributed by atoms with Gasteiger partial charge in [-0.3, -0.25) is 0 Å². The molecule has 0 saturated carbocycles. The van der Waals surface area contributed by atoms with Crippen LogP contribution in [0.25, 0.3) is 0 Å². The van der Waals surface area contributed by atoms with E-state index >= 15 is 0 Å². The van der Waals surface area contributed by atoms with E-state index < -0.39 is 16.5 Å². The molecule has 0 aliphatic rings. The maximum Gasteiger partial charge on any atom is 0.133 e. The van der Waals surface area contributed by atoms with Crippen molar-refractivity contribution in [3.8, 4) is 5.75 Å². The lowest BCUT2D eigenvalue weighted by Gasteiger charge is -2.18. The number of aryl methyl sites for hydroxylation is 1. The van der Waals surface area contributed by atoms with Crippen molar-refractivity contribution >= 4 is 31.9 Å². The van der Waals surface area contributed by atoms with Crippen LogP contribution in [0, 0.1) is 18.6 Å². The highest BCUT2D eigenvalue weighted by Crippen LogP contribution is 2.40. The van der Waals surface area contributed by atoms with E-state index in [1.54, 1.807) is 19.1 Å². The normalized spacial score (nSPS) is 12.3. The third-order valence-corrected chi connectivity index (χ3v) is 4.56. The summed E-state index contributed by atoms with van der Waals surface area (Å²) in [6.07, 6.45) is 0. The summed E-state index contributed by atoms with van der Waals surface area (Å²) in [6.45, 7) is 3.96. The minimum atomic E-state index is -0.628. The third kappa shape index (κ3) is 3.46. The van der Waals surface area contributed by atoms with Gasteiger partial charge in [-0.15, -0.1) is 0 Å². The Bertz CT molecular complexity index is 659. The number of halogens is 4. The van der Waals surface area contributed by atoms with Crippen molar-refractivity contribution in [2.75, 3.05) is 6.61 Å². The fourth-order valence-electron chi connectivity index (χ4n) is 2.07. The van der Waals surface area contributed by atoms with E-state index in [4.69, 9.17) is 4.74 Å². The quantitative estimate of drug-likeness (QED) is 0.559. The maximum atomic E-state index is 14.3. The Kier molecular flexibility index (Phi) is 5.38. The van der Waals surface area contributed by atoms with E-state index in [9.17, 15) is 8.78 Å². The van der Waals surface area contributed by atoms with Crippen molar-refractivity contribution in [1.29, 1.82) is 0 Å². The minimum absolute atomic E-state index is 0.00551. The van der Waals surface area contributed by atoms with Crippen molar-refractivity contribution in [3.05, 3.63) is 63.1 Å². The summed E-state index contributed by atoms with van der Waals surface area (Å²) < 4.78 is 34.7. The molecule has 0 bridgehead atoms. The van der Waals surface area contributed by atoms with Gasteiger partial charge >= 0.3 is 0 Å². The molecule has 0 N–H and O–H groups in total. The molecular weight excluding hydrogens is 406 g/mol. The van der Waals surface area contributed by atoms with Crippen LogP contribution in [0.4, 0.5) is 8.78 Å². The van der Waals surface area contributed by atoms with Gasteiger partial charge in [-0.2, -0.15) is 0 Å². The number of rotatable bonds is 4. The average Bonchev–Trinajstić information content (AvgIpc) is 2.45. The number of hydrogen-bond donors (Lipinski definition) is 0. The van der Waals surface area contributed by atoms with E-state index in [-0.39, 0.29) is 5.56 Å². The van der Waals surface area contributed by atoms with Gasteiger partial charge in [0, 0.05) is 15.6 Å². The molecule has 5 heteroatoms. The molecule has 0 aliphatic heterocycles. The Hall–Kier alpha value is -0.940. The van der Waals surface area contributed by atoms with Crippen LogP contribution < -0.4 is 4.74 Å². The first-order valence-electron chi connectivity index (χ1n) is 6.46. The number of alkyl halides is 1. The number of hydrogen-bond acceptors (Lipinski definition) is 1. The van der Waals surface area contributed by atoms with Gasteiger partial charge in [0.25, 0.3) is 0 Å².